The van der Waals surface area contributed by atoms with Crippen LogP contribution in [0.1, 0.15) is 18.4 Å². The summed E-state index contributed by atoms with van der Waals surface area (Å²) in [5.41, 5.74) is 0.456. The van der Waals surface area contributed by atoms with Gasteiger partial charge in [-0.3, -0.25) is 24.2 Å². The molecule has 2 aliphatic heterocycles. The molecular weight excluding hydrogens is 349 g/mol. The molecule has 8 heteroatoms. The molecule has 0 saturated carbocycles. The maximum atomic E-state index is 13.9. The molecule has 25 heavy (non-hydrogen) atoms. The molecule has 0 bridgehead atoms. The van der Waals surface area contributed by atoms with E-state index in [-0.39, 0.29) is 42.9 Å². The number of imide groups is 1. The normalized spacial score (nSPS) is 19.0. The highest BCUT2D eigenvalue weighted by molar-refractivity contribution is 6.31. The second-order valence-electron chi connectivity index (χ2n) is 6.23. The van der Waals surface area contributed by atoms with Crippen molar-refractivity contribution >= 4 is 29.3 Å². The van der Waals surface area contributed by atoms with E-state index in [0.29, 0.717) is 43.3 Å². The van der Waals surface area contributed by atoms with Crippen molar-refractivity contribution in [3.8, 4) is 0 Å². The summed E-state index contributed by atoms with van der Waals surface area (Å²) < 4.78 is 13.9. The molecule has 134 valence electrons. The number of nitrogens with zero attached hydrogens (tertiary/aromatic N) is 3. The van der Waals surface area contributed by atoms with Crippen LogP contribution in [0.25, 0.3) is 0 Å². The molecule has 0 unspecified atom stereocenters. The molecule has 0 aliphatic carbocycles. The minimum atomic E-state index is -0.336. The number of carbonyl (C=O) groups is 3. The molecule has 1 aromatic carbocycles. The van der Waals surface area contributed by atoms with Gasteiger partial charge in [0.1, 0.15) is 12.4 Å². The van der Waals surface area contributed by atoms with Crippen LogP contribution in [0.15, 0.2) is 18.2 Å². The first kappa shape index (κ1) is 17.8. The van der Waals surface area contributed by atoms with Crippen molar-refractivity contribution in [2.75, 3.05) is 32.7 Å². The number of hydrogen-bond acceptors (Lipinski definition) is 4. The Balaban J connectivity index is 1.52. The molecule has 0 N–H and O–H groups in total. The van der Waals surface area contributed by atoms with E-state index in [9.17, 15) is 18.8 Å². The summed E-state index contributed by atoms with van der Waals surface area (Å²) in [5, 5.41) is 0.393. The van der Waals surface area contributed by atoms with E-state index in [1.54, 1.807) is 17.0 Å². The lowest BCUT2D eigenvalue weighted by atomic mass is 10.2. The average Bonchev–Trinajstić information content (AvgIpc) is 2.91. The lowest BCUT2D eigenvalue weighted by molar-refractivity contribution is -0.146. The van der Waals surface area contributed by atoms with Crippen LogP contribution in [0.3, 0.4) is 0 Å². The van der Waals surface area contributed by atoms with Gasteiger partial charge in [-0.25, -0.2) is 4.39 Å². The molecule has 2 fully saturated rings. The fraction of sp³-hybridized carbons (Fsp3) is 0.471. The van der Waals surface area contributed by atoms with Crippen molar-refractivity contribution in [2.45, 2.75) is 19.4 Å². The smallest absolute Gasteiger partial charge is 0.242 e. The highest BCUT2D eigenvalue weighted by Gasteiger charge is 2.32. The predicted molar refractivity (Wildman–Crippen MR) is 89.2 cm³/mol. The minimum absolute atomic E-state index is 0.184. The molecule has 2 saturated heterocycles. The number of halogens is 2. The average molecular weight is 368 g/mol. The van der Waals surface area contributed by atoms with Gasteiger partial charge >= 0.3 is 0 Å². The van der Waals surface area contributed by atoms with Crippen LogP contribution in [0.2, 0.25) is 5.02 Å². The maximum Gasteiger partial charge on any atom is 0.242 e. The van der Waals surface area contributed by atoms with Crippen LogP contribution in [0.5, 0.6) is 0 Å². The van der Waals surface area contributed by atoms with Gasteiger partial charge in [0.05, 0.1) is 0 Å². The van der Waals surface area contributed by atoms with Gasteiger partial charge in [-0.2, -0.15) is 0 Å². The van der Waals surface area contributed by atoms with Crippen LogP contribution < -0.4 is 0 Å². The van der Waals surface area contributed by atoms with Gasteiger partial charge in [-0.1, -0.05) is 17.7 Å². The Kier molecular flexibility index (Phi) is 5.34. The Morgan fingerprint density at radius 3 is 2.32 bits per heavy atom. The van der Waals surface area contributed by atoms with Crippen LogP contribution in [0.4, 0.5) is 4.39 Å². The molecule has 1 aromatic rings. The van der Waals surface area contributed by atoms with Crippen molar-refractivity contribution in [3.63, 3.8) is 0 Å². The Hall–Kier alpha value is -1.99. The molecular formula is C17H19ClFN3O3. The van der Waals surface area contributed by atoms with E-state index in [0.717, 1.165) is 4.90 Å². The number of hydrogen-bond donors (Lipinski definition) is 0. The van der Waals surface area contributed by atoms with E-state index in [2.05, 4.69) is 0 Å². The molecule has 3 rings (SSSR count). The molecule has 2 heterocycles. The van der Waals surface area contributed by atoms with E-state index in [1.807, 2.05) is 4.90 Å². The highest BCUT2D eigenvalue weighted by Crippen LogP contribution is 2.21. The van der Waals surface area contributed by atoms with Crippen LogP contribution in [-0.2, 0) is 20.9 Å². The SMILES string of the molecule is O=C(CN1C(=O)CCC1=O)N1CCN(Cc2c(F)cccc2Cl)CC1. The van der Waals surface area contributed by atoms with Gasteiger partial charge in [0, 0.05) is 56.2 Å². The number of amides is 3. The van der Waals surface area contributed by atoms with Crippen LogP contribution in [0, 0.1) is 5.82 Å². The zero-order chi connectivity index (χ0) is 18.0. The molecule has 0 spiro atoms. The monoisotopic (exact) mass is 367 g/mol. The summed E-state index contributed by atoms with van der Waals surface area (Å²) >= 11 is 6.05. The Morgan fingerprint density at radius 1 is 1.08 bits per heavy atom. The summed E-state index contributed by atoms with van der Waals surface area (Å²) in [6, 6.07) is 4.60. The van der Waals surface area contributed by atoms with Gasteiger partial charge in [0.2, 0.25) is 17.7 Å². The van der Waals surface area contributed by atoms with Gasteiger partial charge in [0.25, 0.3) is 0 Å². The van der Waals surface area contributed by atoms with Gasteiger partial charge in [0.15, 0.2) is 0 Å². The minimum Gasteiger partial charge on any atom is -0.339 e. The topological polar surface area (TPSA) is 60.9 Å². The van der Waals surface area contributed by atoms with Crippen LogP contribution >= 0.6 is 11.6 Å². The van der Waals surface area contributed by atoms with E-state index >= 15 is 0 Å². The van der Waals surface area contributed by atoms with E-state index in [1.165, 1.54) is 6.07 Å². The first-order valence-corrected chi connectivity index (χ1v) is 8.59. The maximum absolute atomic E-state index is 13.9. The Bertz CT molecular complexity index is 668. The number of benzene rings is 1. The first-order valence-electron chi connectivity index (χ1n) is 8.22. The molecule has 0 atom stereocenters. The molecule has 0 radical (unpaired) electrons. The number of carbonyl (C=O) groups excluding carboxylic acids is 3. The summed E-state index contributed by atoms with van der Waals surface area (Å²) in [7, 11) is 0. The highest BCUT2D eigenvalue weighted by atomic mass is 35.5. The zero-order valence-electron chi connectivity index (χ0n) is 13.7. The summed E-state index contributed by atoms with van der Waals surface area (Å²) in [5.74, 6) is -1.14. The van der Waals surface area contributed by atoms with Crippen molar-refractivity contribution < 1.29 is 18.8 Å². The van der Waals surface area contributed by atoms with Crippen molar-refractivity contribution in [3.05, 3.63) is 34.6 Å². The summed E-state index contributed by atoms with van der Waals surface area (Å²) in [4.78, 5) is 40.2. The third kappa shape index (κ3) is 3.99. The first-order chi connectivity index (χ1) is 12.0. The number of likely N-dealkylation sites (tertiary alicyclic amines) is 1. The van der Waals surface area contributed by atoms with Gasteiger partial charge < -0.3 is 4.90 Å². The second kappa shape index (κ2) is 7.49. The fourth-order valence-electron chi connectivity index (χ4n) is 3.10. The second-order valence-corrected chi connectivity index (χ2v) is 6.64. The quantitative estimate of drug-likeness (QED) is 0.752. The molecule has 3 amide bonds. The van der Waals surface area contributed by atoms with E-state index < -0.39 is 0 Å². The molecule has 2 aliphatic rings. The zero-order valence-corrected chi connectivity index (χ0v) is 14.5. The molecule has 6 nitrogen and oxygen atoms in total. The van der Waals surface area contributed by atoms with Crippen molar-refractivity contribution in [2.24, 2.45) is 0 Å². The fourth-order valence-corrected chi connectivity index (χ4v) is 3.32. The van der Waals surface area contributed by atoms with Crippen molar-refractivity contribution in [1.29, 1.82) is 0 Å². The predicted octanol–water partition coefficient (Wildman–Crippen LogP) is 1.27. The largest absolute Gasteiger partial charge is 0.339 e. The summed E-state index contributed by atoms with van der Waals surface area (Å²) in [6.45, 7) is 2.31. The Labute approximate surface area is 150 Å². The van der Waals surface area contributed by atoms with Gasteiger partial charge in [-0.05, 0) is 12.1 Å². The lowest BCUT2D eigenvalue weighted by Crippen LogP contribution is -2.51. The van der Waals surface area contributed by atoms with E-state index in [4.69, 9.17) is 11.6 Å². The van der Waals surface area contributed by atoms with Gasteiger partial charge in [-0.15, -0.1) is 0 Å². The van der Waals surface area contributed by atoms with Crippen molar-refractivity contribution in [1.82, 2.24) is 14.7 Å². The third-order valence-corrected chi connectivity index (χ3v) is 4.97. The standard InChI is InChI=1S/C17H19ClFN3O3/c18-13-2-1-3-14(19)12(13)10-20-6-8-21(9-7-20)17(25)11-22-15(23)4-5-16(22)24/h1-3H,4-11H2. The van der Waals surface area contributed by atoms with Crippen LogP contribution in [-0.4, -0.2) is 65.1 Å². The number of piperazine rings is 1. The number of rotatable bonds is 4. The molecule has 0 aromatic heterocycles. The third-order valence-electron chi connectivity index (χ3n) is 4.62. The Morgan fingerprint density at radius 2 is 1.72 bits per heavy atom. The summed E-state index contributed by atoms with van der Waals surface area (Å²) in [6.07, 6.45) is 0.368. The lowest BCUT2D eigenvalue weighted by Gasteiger charge is -2.35.